The molecule has 22 heavy (non-hydrogen) atoms. The van der Waals surface area contributed by atoms with E-state index in [1.165, 1.54) is 0 Å². The number of anilines is 2. The Labute approximate surface area is 130 Å². The number of carbonyl (C=O) groups is 1. The third kappa shape index (κ3) is 1.87. The van der Waals surface area contributed by atoms with Crippen LogP contribution in [0.2, 0.25) is 0 Å². The van der Waals surface area contributed by atoms with Crippen LogP contribution in [0.1, 0.15) is 30.1 Å². The SMILES string of the molecule is CC12CCCN(c3ccccc3)N1C(=O)c1ccccc1N2. The minimum atomic E-state index is -0.375. The molecular weight excluding hydrogens is 274 g/mol. The summed E-state index contributed by atoms with van der Waals surface area (Å²) in [5.74, 6) is 0.0698. The number of hydrogen-bond donors (Lipinski definition) is 1. The van der Waals surface area contributed by atoms with Crippen LogP contribution in [0.3, 0.4) is 0 Å². The van der Waals surface area contributed by atoms with E-state index in [0.29, 0.717) is 0 Å². The van der Waals surface area contributed by atoms with Gasteiger partial charge in [0.05, 0.1) is 11.3 Å². The predicted octanol–water partition coefficient (Wildman–Crippen LogP) is 3.49. The van der Waals surface area contributed by atoms with Crippen molar-refractivity contribution in [2.75, 3.05) is 16.9 Å². The Hall–Kier alpha value is -2.49. The number of amides is 1. The third-order valence-electron chi connectivity index (χ3n) is 4.55. The number of benzene rings is 2. The molecule has 1 amide bonds. The zero-order chi connectivity index (χ0) is 15.2. The summed E-state index contributed by atoms with van der Waals surface area (Å²) in [5, 5.41) is 7.57. The lowest BCUT2D eigenvalue weighted by Crippen LogP contribution is -2.67. The molecule has 0 spiro atoms. The fraction of sp³-hybridized carbons (Fsp3) is 0.278. The Morgan fingerprint density at radius 3 is 2.59 bits per heavy atom. The van der Waals surface area contributed by atoms with Gasteiger partial charge in [0.1, 0.15) is 5.66 Å². The topological polar surface area (TPSA) is 35.6 Å². The Morgan fingerprint density at radius 1 is 1.05 bits per heavy atom. The number of fused-ring (bicyclic) bond motifs is 2. The summed E-state index contributed by atoms with van der Waals surface area (Å²) in [6.07, 6.45) is 1.99. The first-order valence-corrected chi connectivity index (χ1v) is 7.73. The normalized spacial score (nSPS) is 23.6. The summed E-state index contributed by atoms with van der Waals surface area (Å²) in [4.78, 5) is 13.1. The molecule has 1 unspecified atom stereocenters. The molecule has 0 bridgehead atoms. The van der Waals surface area contributed by atoms with E-state index in [1.54, 1.807) is 0 Å². The Bertz CT molecular complexity index is 715. The van der Waals surface area contributed by atoms with Gasteiger partial charge in [-0.1, -0.05) is 30.3 Å². The van der Waals surface area contributed by atoms with Crippen LogP contribution in [0.5, 0.6) is 0 Å². The predicted molar refractivity (Wildman–Crippen MR) is 87.7 cm³/mol. The number of hydrogen-bond acceptors (Lipinski definition) is 3. The summed E-state index contributed by atoms with van der Waals surface area (Å²) in [5.41, 5.74) is 2.35. The number of nitrogens with one attached hydrogen (secondary N) is 1. The van der Waals surface area contributed by atoms with E-state index in [4.69, 9.17) is 0 Å². The first-order chi connectivity index (χ1) is 10.7. The van der Waals surface area contributed by atoms with Crippen LogP contribution in [0, 0.1) is 0 Å². The highest BCUT2D eigenvalue weighted by Crippen LogP contribution is 2.39. The third-order valence-corrected chi connectivity index (χ3v) is 4.55. The molecule has 1 N–H and O–H groups in total. The summed E-state index contributed by atoms with van der Waals surface area (Å²) >= 11 is 0. The van der Waals surface area contributed by atoms with Gasteiger partial charge in [0.15, 0.2) is 0 Å². The van der Waals surface area contributed by atoms with Crippen LogP contribution in [0.4, 0.5) is 11.4 Å². The van der Waals surface area contributed by atoms with E-state index in [0.717, 1.165) is 36.3 Å². The van der Waals surface area contributed by atoms with Crippen molar-refractivity contribution in [3.8, 4) is 0 Å². The second-order valence-electron chi connectivity index (χ2n) is 6.12. The van der Waals surface area contributed by atoms with E-state index in [9.17, 15) is 4.79 Å². The van der Waals surface area contributed by atoms with Gasteiger partial charge in [0, 0.05) is 12.2 Å². The number of carbonyl (C=O) groups excluding carboxylic acids is 1. The maximum Gasteiger partial charge on any atom is 0.276 e. The number of rotatable bonds is 1. The van der Waals surface area contributed by atoms with Gasteiger partial charge >= 0.3 is 0 Å². The highest BCUT2D eigenvalue weighted by atomic mass is 16.2. The first-order valence-electron chi connectivity index (χ1n) is 7.73. The molecule has 1 fully saturated rings. The summed E-state index contributed by atoms with van der Waals surface area (Å²) in [6, 6.07) is 17.9. The molecule has 2 aliphatic rings. The minimum absolute atomic E-state index is 0.0698. The van der Waals surface area contributed by atoms with Crippen LogP contribution >= 0.6 is 0 Å². The van der Waals surface area contributed by atoms with Crippen molar-refractivity contribution in [3.05, 3.63) is 60.2 Å². The quantitative estimate of drug-likeness (QED) is 0.874. The van der Waals surface area contributed by atoms with Gasteiger partial charge < -0.3 is 5.32 Å². The largest absolute Gasteiger partial charge is 0.361 e. The van der Waals surface area contributed by atoms with Crippen LogP contribution in [0.25, 0.3) is 0 Å². The van der Waals surface area contributed by atoms with Gasteiger partial charge in [-0.3, -0.25) is 9.80 Å². The average molecular weight is 293 g/mol. The van der Waals surface area contributed by atoms with Gasteiger partial charge in [-0.15, -0.1) is 0 Å². The monoisotopic (exact) mass is 293 g/mol. The fourth-order valence-electron chi connectivity index (χ4n) is 3.52. The standard InChI is InChI=1S/C18H19N3O/c1-18-12-7-13-20(14-8-3-2-4-9-14)21(18)17(22)15-10-5-6-11-16(15)19-18/h2-6,8-11,19H,7,12-13H2,1H3. The Balaban J connectivity index is 1.82. The molecule has 2 aromatic carbocycles. The lowest BCUT2D eigenvalue weighted by molar-refractivity contribution is 0.0390. The number of nitrogens with zero attached hydrogens (tertiary/aromatic N) is 2. The Kier molecular flexibility index (Phi) is 2.86. The van der Waals surface area contributed by atoms with Crippen molar-refractivity contribution < 1.29 is 4.79 Å². The Morgan fingerprint density at radius 2 is 1.77 bits per heavy atom. The molecule has 0 aliphatic carbocycles. The van der Waals surface area contributed by atoms with Gasteiger partial charge in [0.25, 0.3) is 5.91 Å². The van der Waals surface area contributed by atoms with Crippen molar-refractivity contribution in [3.63, 3.8) is 0 Å². The minimum Gasteiger partial charge on any atom is -0.361 e. The second kappa shape index (κ2) is 4.77. The molecule has 2 aromatic rings. The van der Waals surface area contributed by atoms with Crippen molar-refractivity contribution >= 4 is 17.3 Å². The molecule has 0 aromatic heterocycles. The van der Waals surface area contributed by atoms with Gasteiger partial charge in [-0.05, 0) is 44.0 Å². The lowest BCUT2D eigenvalue weighted by atomic mass is 9.95. The van der Waals surface area contributed by atoms with Gasteiger partial charge in [-0.25, -0.2) is 5.01 Å². The second-order valence-corrected chi connectivity index (χ2v) is 6.12. The van der Waals surface area contributed by atoms with Crippen molar-refractivity contribution in [2.24, 2.45) is 0 Å². The average Bonchev–Trinajstić information content (AvgIpc) is 2.54. The van der Waals surface area contributed by atoms with Crippen molar-refractivity contribution in [2.45, 2.75) is 25.4 Å². The molecule has 2 aliphatic heterocycles. The van der Waals surface area contributed by atoms with Crippen molar-refractivity contribution in [1.82, 2.24) is 5.01 Å². The molecule has 112 valence electrons. The lowest BCUT2D eigenvalue weighted by Gasteiger charge is -2.54. The van der Waals surface area contributed by atoms with Crippen molar-refractivity contribution in [1.29, 1.82) is 0 Å². The molecular formula is C18H19N3O. The first kappa shape index (κ1) is 13.2. The number of para-hydroxylation sites is 2. The van der Waals surface area contributed by atoms with Crippen LogP contribution in [0.15, 0.2) is 54.6 Å². The molecule has 1 atom stereocenters. The van der Waals surface area contributed by atoms with E-state index in [-0.39, 0.29) is 11.6 Å². The maximum atomic E-state index is 13.1. The summed E-state index contributed by atoms with van der Waals surface area (Å²) in [6.45, 7) is 2.96. The fourth-order valence-corrected chi connectivity index (χ4v) is 3.52. The van der Waals surface area contributed by atoms with Crippen LogP contribution in [-0.2, 0) is 0 Å². The van der Waals surface area contributed by atoms with E-state index >= 15 is 0 Å². The molecule has 4 rings (SSSR count). The van der Waals surface area contributed by atoms with Gasteiger partial charge in [0.2, 0.25) is 0 Å². The maximum absolute atomic E-state index is 13.1. The van der Waals surface area contributed by atoms with Gasteiger partial charge in [-0.2, -0.15) is 0 Å². The summed E-state index contributed by atoms with van der Waals surface area (Å²) < 4.78 is 0. The summed E-state index contributed by atoms with van der Waals surface area (Å²) in [7, 11) is 0. The highest BCUT2D eigenvalue weighted by molar-refractivity contribution is 6.03. The zero-order valence-corrected chi connectivity index (χ0v) is 12.6. The van der Waals surface area contributed by atoms with Crippen LogP contribution in [-0.4, -0.2) is 23.1 Å². The smallest absolute Gasteiger partial charge is 0.276 e. The molecule has 4 heteroatoms. The molecule has 2 heterocycles. The molecule has 4 nitrogen and oxygen atoms in total. The highest BCUT2D eigenvalue weighted by Gasteiger charge is 2.46. The van der Waals surface area contributed by atoms with E-state index < -0.39 is 0 Å². The molecule has 0 saturated carbocycles. The van der Waals surface area contributed by atoms with E-state index in [1.807, 2.05) is 47.5 Å². The molecule has 1 saturated heterocycles. The number of hydrazine groups is 1. The molecule has 0 radical (unpaired) electrons. The van der Waals surface area contributed by atoms with Crippen LogP contribution < -0.4 is 10.3 Å². The zero-order valence-electron chi connectivity index (χ0n) is 12.6. The van der Waals surface area contributed by atoms with E-state index in [2.05, 4.69) is 29.4 Å².